The van der Waals surface area contributed by atoms with Crippen LogP contribution >= 0.6 is 0 Å². The van der Waals surface area contributed by atoms with Gasteiger partial charge in [-0.15, -0.1) is 0 Å². The van der Waals surface area contributed by atoms with Gasteiger partial charge in [0, 0.05) is 39.5 Å². The molecule has 2 unspecified atom stereocenters. The van der Waals surface area contributed by atoms with Gasteiger partial charge in [-0.05, 0) is 19.3 Å². The molecule has 134 valence electrons. The minimum Gasteiger partial charge on any atom is -0.746 e. The number of ether oxygens (including phenoxy) is 3. The predicted octanol–water partition coefficient (Wildman–Crippen LogP) is -3.15. The molecule has 0 saturated carbocycles. The molecule has 0 radical (unpaired) electrons. The second kappa shape index (κ2) is 16.2. The molecule has 0 aliphatic carbocycles. The molecule has 0 aliphatic heterocycles. The van der Waals surface area contributed by atoms with E-state index in [-0.39, 0.29) is 68.8 Å². The topological polar surface area (TPSA) is 125 Å². The Hall–Kier alpha value is 0.710. The van der Waals surface area contributed by atoms with E-state index < -0.39 is 21.7 Å². The predicted molar refractivity (Wildman–Crippen MR) is 78.3 cm³/mol. The molecule has 0 fully saturated rings. The minimum atomic E-state index is -4.70. The van der Waals surface area contributed by atoms with Crippen LogP contribution in [0.25, 0.3) is 0 Å². The van der Waals surface area contributed by atoms with Gasteiger partial charge in [-0.2, -0.15) is 0 Å². The van der Waals surface area contributed by atoms with Crippen LogP contribution in [0.2, 0.25) is 0 Å². The summed E-state index contributed by atoms with van der Waals surface area (Å²) in [4.78, 5) is 0. The zero-order chi connectivity index (χ0) is 16.8. The van der Waals surface area contributed by atoms with Crippen LogP contribution in [0.1, 0.15) is 32.6 Å². The van der Waals surface area contributed by atoms with Crippen molar-refractivity contribution in [1.82, 2.24) is 0 Å². The summed E-state index contributed by atoms with van der Waals surface area (Å²) in [6.45, 7) is 2.52. The summed E-state index contributed by atoms with van der Waals surface area (Å²) in [6, 6.07) is 0. The molecule has 10 heteroatoms. The molecule has 0 aromatic rings. The summed E-state index contributed by atoms with van der Waals surface area (Å²) in [7, 11) is -4.70. The van der Waals surface area contributed by atoms with Crippen molar-refractivity contribution in [3.63, 3.8) is 0 Å². The summed E-state index contributed by atoms with van der Waals surface area (Å²) in [6.07, 6.45) is 0.659. The fourth-order valence-corrected chi connectivity index (χ4v) is 2.53. The van der Waals surface area contributed by atoms with Crippen molar-refractivity contribution in [2.45, 2.75) is 44.1 Å². The second-order valence-corrected chi connectivity index (χ2v) is 6.15. The Labute approximate surface area is 160 Å². The van der Waals surface area contributed by atoms with Gasteiger partial charge in [0.15, 0.2) is 5.44 Å². The summed E-state index contributed by atoms with van der Waals surface area (Å²) < 4.78 is 49.9. The van der Waals surface area contributed by atoms with E-state index in [1.54, 1.807) is 0 Å². The van der Waals surface area contributed by atoms with Gasteiger partial charge in [-0.3, -0.25) is 0 Å². The van der Waals surface area contributed by atoms with E-state index in [4.69, 9.17) is 24.4 Å². The van der Waals surface area contributed by atoms with E-state index in [9.17, 15) is 13.0 Å². The van der Waals surface area contributed by atoms with Gasteiger partial charge >= 0.3 is 29.6 Å². The summed E-state index contributed by atoms with van der Waals surface area (Å²) in [5, 5.41) is 17.3. The molecule has 0 bridgehead atoms. The molecule has 0 rings (SSSR count). The molecule has 0 aliphatic rings. The first-order valence-corrected chi connectivity index (χ1v) is 8.91. The molecule has 2 N–H and O–H groups in total. The molecule has 8 nitrogen and oxygen atoms in total. The number of hydrogen-bond acceptors (Lipinski definition) is 8. The van der Waals surface area contributed by atoms with E-state index in [2.05, 4.69) is 0 Å². The first-order chi connectivity index (χ1) is 10.5. The van der Waals surface area contributed by atoms with Crippen molar-refractivity contribution < 1.29 is 67.0 Å². The van der Waals surface area contributed by atoms with Crippen LogP contribution in [-0.4, -0.2) is 74.4 Å². The average Bonchev–Trinajstić information content (AvgIpc) is 2.46. The first-order valence-electron chi connectivity index (χ1n) is 7.44. The standard InChI is InChI=1S/C13H28O8S.Na/c1-2-8-20-12(5-11-19-9-3-6-14)13(22(16,17)18)21-10-4-7-15;/h12-15H,2-11H2,1H3,(H,16,17,18);/q;+1/p-1. The molecule has 0 heterocycles. The second-order valence-electron chi connectivity index (χ2n) is 4.70. The Bertz CT molecular complexity index is 352. The van der Waals surface area contributed by atoms with Gasteiger partial charge in [-0.1, -0.05) is 6.92 Å². The number of rotatable bonds is 15. The van der Waals surface area contributed by atoms with Crippen LogP contribution in [0, 0.1) is 0 Å². The number of aliphatic hydroxyl groups excluding tert-OH is 2. The van der Waals surface area contributed by atoms with Gasteiger partial charge in [0.05, 0.1) is 12.7 Å². The van der Waals surface area contributed by atoms with Crippen molar-refractivity contribution in [2.75, 3.05) is 39.6 Å². The van der Waals surface area contributed by atoms with Crippen LogP contribution < -0.4 is 29.6 Å². The zero-order valence-corrected chi connectivity index (χ0v) is 16.8. The third-order valence-electron chi connectivity index (χ3n) is 2.70. The maximum atomic E-state index is 11.4. The fourth-order valence-electron chi connectivity index (χ4n) is 1.68. The van der Waals surface area contributed by atoms with E-state index in [1.165, 1.54) is 0 Å². The quantitative estimate of drug-likeness (QED) is 0.177. The smallest absolute Gasteiger partial charge is 0.746 e. The molecule has 0 amide bonds. The number of aliphatic hydroxyl groups is 2. The summed E-state index contributed by atoms with van der Waals surface area (Å²) in [5.74, 6) is 0. The third kappa shape index (κ3) is 13.7. The van der Waals surface area contributed by atoms with Crippen LogP contribution in [0.15, 0.2) is 0 Å². The molecule has 23 heavy (non-hydrogen) atoms. The Morgan fingerprint density at radius 2 is 1.61 bits per heavy atom. The van der Waals surface area contributed by atoms with Crippen molar-refractivity contribution in [3.8, 4) is 0 Å². The Kier molecular flexibility index (Phi) is 18.3. The van der Waals surface area contributed by atoms with Gasteiger partial charge in [0.1, 0.15) is 10.1 Å². The van der Waals surface area contributed by atoms with Gasteiger partial charge in [-0.25, -0.2) is 8.42 Å². The van der Waals surface area contributed by atoms with Crippen molar-refractivity contribution in [1.29, 1.82) is 0 Å². The van der Waals surface area contributed by atoms with E-state index in [0.29, 0.717) is 26.1 Å². The van der Waals surface area contributed by atoms with E-state index in [1.807, 2.05) is 6.92 Å². The van der Waals surface area contributed by atoms with Crippen molar-refractivity contribution in [3.05, 3.63) is 0 Å². The van der Waals surface area contributed by atoms with E-state index >= 15 is 0 Å². The van der Waals surface area contributed by atoms with Gasteiger partial charge in [0.25, 0.3) is 0 Å². The van der Waals surface area contributed by atoms with Crippen LogP contribution in [0.4, 0.5) is 0 Å². The Balaban J connectivity index is 0. The van der Waals surface area contributed by atoms with Gasteiger partial charge in [0.2, 0.25) is 0 Å². The maximum absolute atomic E-state index is 11.4. The van der Waals surface area contributed by atoms with Crippen molar-refractivity contribution in [2.24, 2.45) is 0 Å². The Morgan fingerprint density at radius 1 is 1.00 bits per heavy atom. The molecule has 0 aromatic heterocycles. The van der Waals surface area contributed by atoms with Crippen LogP contribution in [0.3, 0.4) is 0 Å². The summed E-state index contributed by atoms with van der Waals surface area (Å²) in [5.41, 5.74) is -1.62. The molecular formula is C13H27NaO8S. The van der Waals surface area contributed by atoms with Crippen LogP contribution in [-0.2, 0) is 24.3 Å². The summed E-state index contributed by atoms with van der Waals surface area (Å²) >= 11 is 0. The van der Waals surface area contributed by atoms with Crippen LogP contribution in [0.5, 0.6) is 0 Å². The average molecular weight is 366 g/mol. The largest absolute Gasteiger partial charge is 1.00 e. The molecule has 0 saturated heterocycles. The minimum absolute atomic E-state index is 0. The fraction of sp³-hybridized carbons (Fsp3) is 1.00. The molecule has 0 aromatic carbocycles. The van der Waals surface area contributed by atoms with Gasteiger partial charge < -0.3 is 29.0 Å². The first kappa shape index (κ1) is 25.9. The molecule has 0 spiro atoms. The molecular weight excluding hydrogens is 339 g/mol. The van der Waals surface area contributed by atoms with Crippen molar-refractivity contribution >= 4 is 10.1 Å². The molecule has 2 atom stereocenters. The maximum Gasteiger partial charge on any atom is 1.00 e. The third-order valence-corrected chi connectivity index (χ3v) is 3.71. The van der Waals surface area contributed by atoms with E-state index in [0.717, 1.165) is 0 Å². The Morgan fingerprint density at radius 3 is 2.13 bits per heavy atom. The SMILES string of the molecule is CCCOC(CCOCCCO)C(OCCCO)S(=O)(=O)[O-].[Na+]. The number of hydrogen-bond donors (Lipinski definition) is 2. The monoisotopic (exact) mass is 366 g/mol. The normalized spacial score (nSPS) is 14.3. The zero-order valence-electron chi connectivity index (χ0n) is 14.0.